The predicted molar refractivity (Wildman–Crippen MR) is 79.0 cm³/mol. The Bertz CT molecular complexity index is 690. The monoisotopic (exact) mass is 330 g/mol. The molecule has 22 heavy (non-hydrogen) atoms. The number of halogens is 3. The number of rotatable bonds is 4. The molecule has 0 saturated heterocycles. The van der Waals surface area contributed by atoms with Gasteiger partial charge in [-0.25, -0.2) is 4.98 Å². The Kier molecular flexibility index (Phi) is 4.69. The molecule has 0 aliphatic rings. The average Bonchev–Trinajstić information content (AvgIpc) is 2.83. The highest BCUT2D eigenvalue weighted by Gasteiger charge is 2.34. The lowest BCUT2D eigenvalue weighted by Gasteiger charge is -2.11. The predicted octanol–water partition coefficient (Wildman–Crippen LogP) is 0.870. The summed E-state index contributed by atoms with van der Waals surface area (Å²) in [4.78, 5) is 3.83. The summed E-state index contributed by atoms with van der Waals surface area (Å²) in [5, 5.41) is 23.5. The molecule has 11 heteroatoms. The van der Waals surface area contributed by atoms with Crippen molar-refractivity contribution in [2.45, 2.75) is 6.18 Å². The first-order chi connectivity index (χ1) is 10.3. The molecule has 0 radical (unpaired) electrons. The maximum Gasteiger partial charge on any atom is 0.488 e. The molecule has 1 aromatic heterocycles. The number of hydrogen-bond donors (Lipinski definition) is 4. The normalized spacial score (nSPS) is 11.9. The molecule has 0 fully saturated rings. The van der Waals surface area contributed by atoms with Gasteiger partial charge in [-0.05, 0) is 11.5 Å². The lowest BCUT2D eigenvalue weighted by atomic mass is 9.79. The molecule has 2 aromatic rings. The lowest BCUT2D eigenvalue weighted by Crippen LogP contribution is -2.31. The van der Waals surface area contributed by atoms with Crippen LogP contribution >= 0.6 is 11.3 Å². The van der Waals surface area contributed by atoms with Crippen LogP contribution in [0.15, 0.2) is 28.7 Å². The highest BCUT2D eigenvalue weighted by Crippen LogP contribution is 2.30. The summed E-state index contributed by atoms with van der Waals surface area (Å²) in [6, 6.07) is 2.93. The van der Waals surface area contributed by atoms with Crippen LogP contribution in [0.4, 0.5) is 24.1 Å². The molecule has 6 nitrogen and oxygen atoms in total. The van der Waals surface area contributed by atoms with Crippen LogP contribution in [0.2, 0.25) is 0 Å². The molecule has 1 heterocycles. The first-order valence-corrected chi connectivity index (χ1v) is 6.72. The van der Waals surface area contributed by atoms with Gasteiger partial charge in [0.1, 0.15) is 5.82 Å². The molecule has 0 spiro atoms. The van der Waals surface area contributed by atoms with E-state index >= 15 is 0 Å². The van der Waals surface area contributed by atoms with Crippen molar-refractivity contribution in [2.24, 2.45) is 5.10 Å². The van der Waals surface area contributed by atoms with E-state index in [1.165, 1.54) is 6.07 Å². The first-order valence-electron chi connectivity index (χ1n) is 5.84. The molecule has 0 bridgehead atoms. The minimum Gasteiger partial charge on any atom is -0.423 e. The standard InChI is InChI=1S/C11H10BF3N4O2S/c13-11(14,15)8-3-7(12(20)21)2-1-6(8)4-17-19-10-18-9(16)5-22-10/h1-5,20-21H,16H2,(H,18,19). The topological polar surface area (TPSA) is 104 Å². The number of hydrazone groups is 1. The number of aromatic nitrogens is 1. The van der Waals surface area contributed by atoms with E-state index in [0.29, 0.717) is 11.2 Å². The van der Waals surface area contributed by atoms with Crippen molar-refractivity contribution in [3.63, 3.8) is 0 Å². The van der Waals surface area contributed by atoms with Crippen molar-refractivity contribution < 1.29 is 23.2 Å². The fourth-order valence-electron chi connectivity index (χ4n) is 1.59. The smallest absolute Gasteiger partial charge is 0.423 e. The molecule has 0 saturated carbocycles. The summed E-state index contributed by atoms with van der Waals surface area (Å²) < 4.78 is 38.9. The molecule has 1 aromatic carbocycles. The van der Waals surface area contributed by atoms with Gasteiger partial charge in [-0.2, -0.15) is 18.3 Å². The van der Waals surface area contributed by atoms with E-state index in [4.69, 9.17) is 15.8 Å². The molecule has 0 amide bonds. The Morgan fingerprint density at radius 1 is 1.36 bits per heavy atom. The van der Waals surface area contributed by atoms with Crippen LogP contribution in [0.25, 0.3) is 0 Å². The first kappa shape index (κ1) is 16.3. The number of hydrogen-bond acceptors (Lipinski definition) is 7. The van der Waals surface area contributed by atoms with Gasteiger partial charge in [0.15, 0.2) is 0 Å². The second-order valence-corrected chi connectivity index (χ2v) is 5.02. The van der Waals surface area contributed by atoms with Crippen LogP contribution in [-0.2, 0) is 6.18 Å². The van der Waals surface area contributed by atoms with Crippen molar-refractivity contribution in [3.05, 3.63) is 34.7 Å². The van der Waals surface area contributed by atoms with Gasteiger partial charge in [0, 0.05) is 10.9 Å². The maximum atomic E-state index is 13.0. The molecule has 0 unspecified atom stereocenters. The van der Waals surface area contributed by atoms with Crippen LogP contribution in [0.5, 0.6) is 0 Å². The largest absolute Gasteiger partial charge is 0.488 e. The summed E-state index contributed by atoms with van der Waals surface area (Å²) in [6.45, 7) is 0. The number of anilines is 2. The third-order valence-electron chi connectivity index (χ3n) is 2.57. The maximum absolute atomic E-state index is 13.0. The Hall–Kier alpha value is -2.11. The molecule has 5 N–H and O–H groups in total. The molecule has 2 rings (SSSR count). The summed E-state index contributed by atoms with van der Waals surface area (Å²) in [5.74, 6) is 0.278. The molecular weight excluding hydrogens is 320 g/mol. The third-order valence-corrected chi connectivity index (χ3v) is 3.33. The fraction of sp³-hybridized carbons (Fsp3) is 0.0909. The van der Waals surface area contributed by atoms with Crippen LogP contribution < -0.4 is 16.6 Å². The number of benzene rings is 1. The summed E-state index contributed by atoms with van der Waals surface area (Å²) in [7, 11) is -1.98. The van der Waals surface area contributed by atoms with Crippen molar-refractivity contribution in [2.75, 3.05) is 11.2 Å². The minimum absolute atomic E-state index is 0.228. The highest BCUT2D eigenvalue weighted by molar-refractivity contribution is 7.14. The quantitative estimate of drug-likeness (QED) is 0.378. The molecule has 0 atom stereocenters. The van der Waals surface area contributed by atoms with Crippen molar-refractivity contribution in [3.8, 4) is 0 Å². The van der Waals surface area contributed by atoms with Gasteiger partial charge in [-0.3, -0.25) is 5.43 Å². The molecule has 0 aliphatic carbocycles. The Labute approximate surface area is 127 Å². The van der Waals surface area contributed by atoms with E-state index in [1.807, 2.05) is 0 Å². The van der Waals surface area contributed by atoms with Crippen molar-refractivity contribution >= 4 is 41.1 Å². The fourth-order valence-corrected chi connectivity index (χ4v) is 2.14. The van der Waals surface area contributed by atoms with Crippen molar-refractivity contribution in [1.29, 1.82) is 0 Å². The van der Waals surface area contributed by atoms with Crippen LogP contribution in [-0.4, -0.2) is 28.4 Å². The van der Waals surface area contributed by atoms with Gasteiger partial charge in [0.25, 0.3) is 0 Å². The zero-order chi connectivity index (χ0) is 16.3. The molecular formula is C11H10BF3N4O2S. The average molecular weight is 330 g/mol. The van der Waals surface area contributed by atoms with Gasteiger partial charge in [0.05, 0.1) is 11.8 Å². The number of thiazole rings is 1. The summed E-state index contributed by atoms with van der Waals surface area (Å²) in [5.41, 5.74) is 6.35. The number of nitrogens with one attached hydrogen (secondary N) is 1. The van der Waals surface area contributed by atoms with E-state index < -0.39 is 18.9 Å². The Morgan fingerprint density at radius 2 is 2.09 bits per heavy atom. The van der Waals surface area contributed by atoms with Gasteiger partial charge in [-0.1, -0.05) is 12.1 Å². The molecule has 116 valence electrons. The van der Waals surface area contributed by atoms with Gasteiger partial charge in [-0.15, -0.1) is 11.3 Å². The lowest BCUT2D eigenvalue weighted by molar-refractivity contribution is -0.137. The van der Waals surface area contributed by atoms with Gasteiger partial charge >= 0.3 is 13.3 Å². The van der Waals surface area contributed by atoms with Gasteiger partial charge in [0.2, 0.25) is 5.13 Å². The number of nitrogens with zero attached hydrogens (tertiary/aromatic N) is 2. The summed E-state index contributed by atoms with van der Waals surface area (Å²) >= 11 is 1.15. The van der Waals surface area contributed by atoms with E-state index in [1.54, 1.807) is 5.38 Å². The van der Waals surface area contributed by atoms with E-state index in [-0.39, 0.29) is 16.8 Å². The molecule has 0 aliphatic heterocycles. The third kappa shape index (κ3) is 3.96. The highest BCUT2D eigenvalue weighted by atomic mass is 32.1. The summed E-state index contributed by atoms with van der Waals surface area (Å²) in [6.07, 6.45) is -3.69. The number of nitrogen functional groups attached to an aromatic ring is 1. The second kappa shape index (κ2) is 6.34. The number of alkyl halides is 3. The van der Waals surface area contributed by atoms with Crippen LogP contribution in [0, 0.1) is 0 Å². The zero-order valence-electron chi connectivity index (χ0n) is 10.9. The minimum atomic E-state index is -4.65. The van der Waals surface area contributed by atoms with E-state index in [0.717, 1.165) is 23.6 Å². The van der Waals surface area contributed by atoms with Crippen LogP contribution in [0.3, 0.4) is 0 Å². The second-order valence-electron chi connectivity index (χ2n) is 4.17. The van der Waals surface area contributed by atoms with E-state index in [9.17, 15) is 13.2 Å². The number of nitrogens with two attached hydrogens (primary N) is 1. The van der Waals surface area contributed by atoms with E-state index in [2.05, 4.69) is 15.5 Å². The SMILES string of the molecule is Nc1csc(NN=Cc2ccc(B(O)O)cc2C(F)(F)F)n1. The van der Waals surface area contributed by atoms with Crippen LogP contribution in [0.1, 0.15) is 11.1 Å². The van der Waals surface area contributed by atoms with Gasteiger partial charge < -0.3 is 15.8 Å². The Balaban J connectivity index is 2.26. The van der Waals surface area contributed by atoms with Crippen molar-refractivity contribution in [1.82, 2.24) is 4.98 Å². The zero-order valence-corrected chi connectivity index (χ0v) is 11.7. The Morgan fingerprint density at radius 3 is 2.64 bits per heavy atom.